The minimum Gasteiger partial charge on any atom is -0.384 e. The Bertz CT molecular complexity index is 607. The summed E-state index contributed by atoms with van der Waals surface area (Å²) in [7, 11) is 0. The largest absolute Gasteiger partial charge is 0.384 e. The van der Waals surface area contributed by atoms with Gasteiger partial charge in [0, 0.05) is 30.2 Å². The molecule has 1 aromatic heterocycles. The third-order valence-electron chi connectivity index (χ3n) is 3.45. The zero-order valence-electron chi connectivity index (χ0n) is 10.2. The van der Waals surface area contributed by atoms with Gasteiger partial charge in [0.25, 0.3) is 0 Å². The average Bonchev–Trinajstić information content (AvgIpc) is 2.82. The fourth-order valence-electron chi connectivity index (χ4n) is 2.43. The number of Topliss-reactive ketones (excluding diaryl/α,β-unsaturated/α-hetero) is 1. The number of ketones is 1. The van der Waals surface area contributed by atoms with Crippen LogP contribution < -0.4 is 5.32 Å². The molecule has 1 atom stereocenters. The van der Waals surface area contributed by atoms with Crippen molar-refractivity contribution in [1.82, 2.24) is 4.98 Å². The molecule has 0 radical (unpaired) electrons. The number of anilines is 1. The normalized spacial score (nSPS) is 17.1. The van der Waals surface area contributed by atoms with Crippen LogP contribution in [-0.4, -0.2) is 17.3 Å². The minimum atomic E-state index is -0.0934. The SMILES string of the molecule is Cc1ccncc1C(=O)C1CNc2ccccc21. The Morgan fingerprint density at radius 1 is 1.33 bits per heavy atom. The van der Waals surface area contributed by atoms with E-state index in [1.165, 1.54) is 0 Å². The molecule has 3 heteroatoms. The van der Waals surface area contributed by atoms with E-state index in [-0.39, 0.29) is 11.7 Å². The van der Waals surface area contributed by atoms with Crippen molar-refractivity contribution >= 4 is 11.5 Å². The summed E-state index contributed by atoms with van der Waals surface area (Å²) in [6.07, 6.45) is 3.38. The minimum absolute atomic E-state index is 0.0934. The molecule has 0 fully saturated rings. The van der Waals surface area contributed by atoms with E-state index >= 15 is 0 Å². The first-order valence-electron chi connectivity index (χ1n) is 6.05. The second-order valence-electron chi connectivity index (χ2n) is 4.58. The Labute approximate surface area is 106 Å². The molecule has 18 heavy (non-hydrogen) atoms. The number of aryl methyl sites for hydroxylation is 1. The van der Waals surface area contributed by atoms with Gasteiger partial charge in [0.2, 0.25) is 0 Å². The van der Waals surface area contributed by atoms with Crippen molar-refractivity contribution in [2.24, 2.45) is 0 Å². The van der Waals surface area contributed by atoms with E-state index in [9.17, 15) is 4.79 Å². The summed E-state index contributed by atoms with van der Waals surface area (Å²) in [5.74, 6) is 0.0575. The predicted octanol–water partition coefficient (Wildman–Crippen LogP) is 2.78. The second kappa shape index (κ2) is 4.26. The van der Waals surface area contributed by atoms with Crippen molar-refractivity contribution in [3.63, 3.8) is 0 Å². The van der Waals surface area contributed by atoms with E-state index in [0.717, 1.165) is 22.4 Å². The second-order valence-corrected chi connectivity index (χ2v) is 4.58. The molecule has 0 saturated carbocycles. The number of nitrogens with one attached hydrogen (secondary N) is 1. The van der Waals surface area contributed by atoms with Gasteiger partial charge >= 0.3 is 0 Å². The molecular formula is C15H14N2O. The molecular weight excluding hydrogens is 224 g/mol. The fraction of sp³-hybridized carbons (Fsp3) is 0.200. The number of hydrogen-bond acceptors (Lipinski definition) is 3. The summed E-state index contributed by atoms with van der Waals surface area (Å²) < 4.78 is 0. The summed E-state index contributed by atoms with van der Waals surface area (Å²) >= 11 is 0. The molecule has 2 heterocycles. The molecule has 0 saturated heterocycles. The number of pyridine rings is 1. The van der Waals surface area contributed by atoms with Gasteiger partial charge in [-0.25, -0.2) is 0 Å². The summed E-state index contributed by atoms with van der Waals surface area (Å²) in [5.41, 5.74) is 3.86. The van der Waals surface area contributed by atoms with E-state index in [2.05, 4.69) is 10.3 Å². The van der Waals surface area contributed by atoms with Crippen LogP contribution in [-0.2, 0) is 0 Å². The van der Waals surface area contributed by atoms with Crippen LogP contribution in [0.5, 0.6) is 0 Å². The van der Waals surface area contributed by atoms with Crippen LogP contribution in [0.4, 0.5) is 5.69 Å². The lowest BCUT2D eigenvalue weighted by Gasteiger charge is -2.10. The summed E-state index contributed by atoms with van der Waals surface area (Å²) in [6.45, 7) is 2.62. The molecule has 0 spiro atoms. The number of carbonyl (C=O) groups is 1. The lowest BCUT2D eigenvalue weighted by atomic mass is 9.91. The van der Waals surface area contributed by atoms with Crippen molar-refractivity contribution in [1.29, 1.82) is 0 Å². The smallest absolute Gasteiger partial charge is 0.173 e. The van der Waals surface area contributed by atoms with E-state index in [1.54, 1.807) is 12.4 Å². The maximum atomic E-state index is 12.6. The van der Waals surface area contributed by atoms with E-state index in [4.69, 9.17) is 0 Å². The highest BCUT2D eigenvalue weighted by molar-refractivity contribution is 6.03. The standard InChI is InChI=1S/C15H14N2O/c1-10-6-7-16-8-12(10)15(18)13-9-17-14-5-3-2-4-11(13)14/h2-8,13,17H,9H2,1H3. The average molecular weight is 238 g/mol. The third kappa shape index (κ3) is 1.68. The number of aromatic nitrogens is 1. The number of carbonyl (C=O) groups excluding carboxylic acids is 1. The van der Waals surface area contributed by atoms with Crippen LogP contribution >= 0.6 is 0 Å². The van der Waals surface area contributed by atoms with Crippen LogP contribution in [0, 0.1) is 6.92 Å². The third-order valence-corrected chi connectivity index (χ3v) is 3.45. The molecule has 1 N–H and O–H groups in total. The van der Waals surface area contributed by atoms with Crippen LogP contribution in [0.3, 0.4) is 0 Å². The monoisotopic (exact) mass is 238 g/mol. The molecule has 1 aromatic carbocycles. The van der Waals surface area contributed by atoms with Gasteiger partial charge in [-0.1, -0.05) is 18.2 Å². The first-order valence-corrected chi connectivity index (χ1v) is 6.05. The lowest BCUT2D eigenvalue weighted by molar-refractivity contribution is 0.0965. The molecule has 1 aliphatic heterocycles. The molecule has 2 aromatic rings. The van der Waals surface area contributed by atoms with Crippen molar-refractivity contribution < 1.29 is 4.79 Å². The Morgan fingerprint density at radius 3 is 3.00 bits per heavy atom. The fourth-order valence-corrected chi connectivity index (χ4v) is 2.43. The van der Waals surface area contributed by atoms with Crippen LogP contribution in [0.15, 0.2) is 42.7 Å². The van der Waals surface area contributed by atoms with Gasteiger partial charge < -0.3 is 5.32 Å². The Morgan fingerprint density at radius 2 is 2.17 bits per heavy atom. The predicted molar refractivity (Wildman–Crippen MR) is 71.0 cm³/mol. The zero-order valence-corrected chi connectivity index (χ0v) is 10.2. The van der Waals surface area contributed by atoms with E-state index < -0.39 is 0 Å². The van der Waals surface area contributed by atoms with Crippen molar-refractivity contribution in [3.05, 3.63) is 59.4 Å². The quantitative estimate of drug-likeness (QED) is 0.818. The van der Waals surface area contributed by atoms with Gasteiger partial charge in [0.05, 0.1) is 5.92 Å². The molecule has 3 nitrogen and oxygen atoms in total. The number of rotatable bonds is 2. The van der Waals surface area contributed by atoms with Crippen molar-refractivity contribution in [3.8, 4) is 0 Å². The number of hydrogen-bond donors (Lipinski definition) is 1. The van der Waals surface area contributed by atoms with Gasteiger partial charge in [-0.2, -0.15) is 0 Å². The number of fused-ring (bicyclic) bond motifs is 1. The van der Waals surface area contributed by atoms with Crippen LogP contribution in [0.2, 0.25) is 0 Å². The van der Waals surface area contributed by atoms with Gasteiger partial charge in [-0.3, -0.25) is 9.78 Å². The molecule has 0 bridgehead atoms. The van der Waals surface area contributed by atoms with Crippen LogP contribution in [0.1, 0.15) is 27.4 Å². The maximum Gasteiger partial charge on any atom is 0.173 e. The Kier molecular flexibility index (Phi) is 2.59. The number of nitrogens with zero attached hydrogens (tertiary/aromatic N) is 1. The molecule has 3 rings (SSSR count). The molecule has 0 amide bonds. The molecule has 90 valence electrons. The van der Waals surface area contributed by atoms with Gasteiger partial charge in [-0.05, 0) is 30.2 Å². The van der Waals surface area contributed by atoms with Crippen LogP contribution in [0.25, 0.3) is 0 Å². The summed E-state index contributed by atoms with van der Waals surface area (Å²) in [6, 6.07) is 9.86. The van der Waals surface area contributed by atoms with Crippen molar-refractivity contribution in [2.45, 2.75) is 12.8 Å². The van der Waals surface area contributed by atoms with Gasteiger partial charge in [-0.15, -0.1) is 0 Å². The van der Waals surface area contributed by atoms with E-state index in [1.807, 2.05) is 37.3 Å². The first-order chi connectivity index (χ1) is 8.77. The highest BCUT2D eigenvalue weighted by Crippen LogP contribution is 2.33. The lowest BCUT2D eigenvalue weighted by Crippen LogP contribution is -2.16. The molecule has 0 aliphatic carbocycles. The topological polar surface area (TPSA) is 42.0 Å². The summed E-state index contributed by atoms with van der Waals surface area (Å²) in [4.78, 5) is 16.6. The molecule has 1 unspecified atom stereocenters. The molecule has 1 aliphatic rings. The maximum absolute atomic E-state index is 12.6. The van der Waals surface area contributed by atoms with Crippen molar-refractivity contribution in [2.75, 3.05) is 11.9 Å². The number of benzene rings is 1. The highest BCUT2D eigenvalue weighted by Gasteiger charge is 2.29. The van der Waals surface area contributed by atoms with E-state index in [0.29, 0.717) is 6.54 Å². The first kappa shape index (κ1) is 11.0. The Balaban J connectivity index is 1.99. The van der Waals surface area contributed by atoms with Gasteiger partial charge in [0.1, 0.15) is 0 Å². The zero-order chi connectivity index (χ0) is 12.5. The van der Waals surface area contributed by atoms with Gasteiger partial charge in [0.15, 0.2) is 5.78 Å². The Hall–Kier alpha value is -2.16. The highest BCUT2D eigenvalue weighted by atomic mass is 16.1. The summed E-state index contributed by atoms with van der Waals surface area (Å²) in [5, 5.41) is 3.28. The number of para-hydroxylation sites is 1.